The maximum Gasteiger partial charge on any atom is 0.410 e. The van der Waals surface area contributed by atoms with Gasteiger partial charge in [0, 0.05) is 135 Å². The summed E-state index contributed by atoms with van der Waals surface area (Å²) in [6.45, 7) is 14.8. The lowest BCUT2D eigenvalue weighted by Crippen LogP contribution is -2.51. The van der Waals surface area contributed by atoms with Crippen molar-refractivity contribution in [2.45, 2.75) is 125 Å². The van der Waals surface area contributed by atoms with E-state index in [0.717, 1.165) is 52.0 Å². The summed E-state index contributed by atoms with van der Waals surface area (Å²) in [6, 6.07) is 26.2. The number of carbonyl (C=O) groups is 3. The standard InChI is InChI=1S/C33H43FN6O5S.C24H33N5O6S.C9H10FN/c1-33(2,3)45-32(42)39-19-17-38(18-20-39)30-31(41)40(26-12-14-27(15-13-26)46(43,44)37(4)5)22-25(36-30)7-6-16-35-29-21-28(29)23-8-10-24(34)11-9-23;1-24(2,3)35-23(32)28-14-12-27(13-15-28)21-22(31)29(17-18(25-21)7-6-16-30)19-8-10-20(11-9-19)36(33,34)26(4)5;10-7-3-1-6(2-4-7)8-5-9(8)11/h8-15,22,28-29,35H,6-7,16-21H2,1-5H3;8-11,16-17H,6-7,12-15H2,1-5H3;1-4,8-9H,5,11H2/t28-,29?;;8-,9+/m0.0/s1. The largest absolute Gasteiger partial charge is 0.444 e. The second kappa shape index (κ2) is 30.0. The Labute approximate surface area is 543 Å². The van der Waals surface area contributed by atoms with Crippen molar-refractivity contribution in [3.8, 4) is 11.4 Å². The van der Waals surface area contributed by atoms with E-state index in [2.05, 4.69) is 10.3 Å². The van der Waals surface area contributed by atoms with Gasteiger partial charge < -0.3 is 44.9 Å². The Morgan fingerprint density at radius 3 is 1.32 bits per heavy atom. The third-order valence-electron chi connectivity index (χ3n) is 15.9. The normalized spacial score (nSPS) is 18.3. The molecule has 6 aromatic rings. The zero-order valence-electron chi connectivity index (χ0n) is 54.5. The van der Waals surface area contributed by atoms with Gasteiger partial charge in [0.05, 0.1) is 21.2 Å². The first kappa shape index (κ1) is 70.9. The molecule has 4 fully saturated rings. The Morgan fingerprint density at radius 2 is 0.968 bits per heavy atom. The molecule has 3 N–H and O–H groups in total. The van der Waals surface area contributed by atoms with Gasteiger partial charge in [-0.15, -0.1) is 0 Å². The molecule has 502 valence electrons. The summed E-state index contributed by atoms with van der Waals surface area (Å²) >= 11 is 0. The first-order valence-electron chi connectivity index (χ1n) is 31.0. The lowest BCUT2D eigenvalue weighted by Gasteiger charge is -2.36. The van der Waals surface area contributed by atoms with Gasteiger partial charge in [-0.05, 0) is 164 Å². The van der Waals surface area contributed by atoms with Crippen LogP contribution < -0.4 is 32.0 Å². The number of rotatable bonds is 18. The Hall–Kier alpha value is -7.95. The zero-order chi connectivity index (χ0) is 67.7. The molecule has 2 aromatic heterocycles. The molecule has 0 spiro atoms. The van der Waals surface area contributed by atoms with E-state index in [9.17, 15) is 49.6 Å². The average Bonchev–Trinajstić information content (AvgIpc) is 1.42. The van der Waals surface area contributed by atoms with Crippen LogP contribution in [0.5, 0.6) is 0 Å². The van der Waals surface area contributed by atoms with E-state index in [4.69, 9.17) is 20.2 Å². The number of benzene rings is 4. The molecular formula is C66H86F2N12O11S2. The molecular weight excluding hydrogens is 1240 g/mol. The Morgan fingerprint density at radius 1 is 0.591 bits per heavy atom. The molecule has 27 heteroatoms. The third kappa shape index (κ3) is 18.9. The van der Waals surface area contributed by atoms with E-state index in [1.54, 1.807) is 67.2 Å². The van der Waals surface area contributed by atoms with Gasteiger partial charge >= 0.3 is 12.2 Å². The number of nitrogens with zero attached hydrogens (tertiary/aromatic N) is 10. The number of halogens is 2. The van der Waals surface area contributed by atoms with E-state index in [0.29, 0.717) is 106 Å². The highest BCUT2D eigenvalue weighted by Gasteiger charge is 2.38. The summed E-state index contributed by atoms with van der Waals surface area (Å²) in [6.07, 6.45) is 7.33. The van der Waals surface area contributed by atoms with Gasteiger partial charge in [0.2, 0.25) is 20.0 Å². The van der Waals surface area contributed by atoms with Crippen LogP contribution in [-0.2, 0) is 47.2 Å². The summed E-state index contributed by atoms with van der Waals surface area (Å²) in [7, 11) is -1.40. The van der Waals surface area contributed by atoms with Crippen LogP contribution in [0.3, 0.4) is 0 Å². The van der Waals surface area contributed by atoms with Crippen molar-refractivity contribution in [1.29, 1.82) is 0 Å². The lowest BCUT2D eigenvalue weighted by atomic mass is 10.1. The number of ether oxygens (including phenoxy) is 2. The number of anilines is 2. The highest BCUT2D eigenvalue weighted by Crippen LogP contribution is 2.41. The van der Waals surface area contributed by atoms with Gasteiger partial charge in [0.25, 0.3) is 11.1 Å². The minimum atomic E-state index is -3.62. The SMILES string of the molecule is CN(C)S(=O)(=O)c1ccc(-n2cc(CCC=O)nc(N3CCN(C(=O)OC(C)(C)C)CC3)c2=O)cc1.CN(C)S(=O)(=O)c1ccc(-n2cc(CCCNC3C[C@H]3c3ccc(F)cc3)nc(N3CCN(C(=O)OC(C)(C)C)CC3)c2=O)cc1.N[C@@H]1C[C@H]1c1ccc(F)cc1. The van der Waals surface area contributed by atoms with Crippen LogP contribution in [0.1, 0.15) is 102 Å². The predicted molar refractivity (Wildman–Crippen MR) is 351 cm³/mol. The fourth-order valence-corrected chi connectivity index (χ4v) is 12.3. The van der Waals surface area contributed by atoms with Crippen LogP contribution in [0.25, 0.3) is 11.4 Å². The number of aldehydes is 1. The van der Waals surface area contributed by atoms with Crippen molar-refractivity contribution in [1.82, 2.24) is 42.8 Å². The first-order chi connectivity index (χ1) is 43.8. The Balaban J connectivity index is 0.000000209. The number of piperazine rings is 2. The van der Waals surface area contributed by atoms with Crippen LogP contribution >= 0.6 is 0 Å². The van der Waals surface area contributed by atoms with Gasteiger partial charge in [-0.3, -0.25) is 18.7 Å². The second-order valence-corrected chi connectivity index (χ2v) is 30.1. The van der Waals surface area contributed by atoms with Crippen molar-refractivity contribution in [3.05, 3.63) is 164 Å². The van der Waals surface area contributed by atoms with Crippen molar-refractivity contribution in [2.24, 2.45) is 5.73 Å². The summed E-state index contributed by atoms with van der Waals surface area (Å²) < 4.78 is 91.9. The topological polar surface area (TPSA) is 265 Å². The van der Waals surface area contributed by atoms with E-state index in [1.807, 2.05) is 54.8 Å². The number of hydrogen-bond acceptors (Lipinski definition) is 17. The molecule has 23 nitrogen and oxygen atoms in total. The lowest BCUT2D eigenvalue weighted by molar-refractivity contribution is -0.107. The molecule has 0 radical (unpaired) electrons. The minimum absolute atomic E-state index is 0.109. The third-order valence-corrected chi connectivity index (χ3v) is 19.5. The number of carbonyl (C=O) groups excluding carboxylic acids is 3. The van der Waals surface area contributed by atoms with Crippen LogP contribution in [-0.4, -0.2) is 183 Å². The summed E-state index contributed by atoms with van der Waals surface area (Å²) in [4.78, 5) is 79.7. The van der Waals surface area contributed by atoms with Crippen LogP contribution in [0.2, 0.25) is 0 Å². The van der Waals surface area contributed by atoms with Crippen molar-refractivity contribution < 1.29 is 49.5 Å². The first-order valence-corrected chi connectivity index (χ1v) is 33.9. The molecule has 4 aliphatic rings. The molecule has 4 heterocycles. The molecule has 4 atom stereocenters. The number of sulfonamides is 2. The van der Waals surface area contributed by atoms with E-state index in [-0.39, 0.29) is 56.7 Å². The number of aryl methyl sites for hydroxylation is 2. The monoisotopic (exact) mass is 1320 g/mol. The van der Waals surface area contributed by atoms with Gasteiger partial charge in [-0.25, -0.2) is 53.8 Å². The van der Waals surface area contributed by atoms with Gasteiger partial charge in [-0.2, -0.15) is 0 Å². The van der Waals surface area contributed by atoms with E-state index < -0.39 is 37.3 Å². The molecule has 4 aromatic carbocycles. The number of aromatic nitrogens is 4. The Bertz CT molecular complexity index is 3920. The quantitative estimate of drug-likeness (QED) is 0.0644. The number of amides is 2. The van der Waals surface area contributed by atoms with E-state index >= 15 is 0 Å². The maximum absolute atomic E-state index is 13.8. The minimum Gasteiger partial charge on any atom is -0.444 e. The van der Waals surface area contributed by atoms with Gasteiger partial charge in [-0.1, -0.05) is 24.3 Å². The maximum atomic E-state index is 13.8. The molecule has 93 heavy (non-hydrogen) atoms. The molecule has 2 aliphatic carbocycles. The summed E-state index contributed by atoms with van der Waals surface area (Å²) in [5.41, 5.74) is 8.32. The molecule has 2 saturated carbocycles. The highest BCUT2D eigenvalue weighted by molar-refractivity contribution is 7.89. The van der Waals surface area contributed by atoms with E-state index in [1.165, 1.54) is 91.4 Å². The second-order valence-electron chi connectivity index (χ2n) is 25.8. The van der Waals surface area contributed by atoms with Crippen LogP contribution in [0, 0.1) is 11.6 Å². The number of nitrogens with two attached hydrogens (primary N) is 1. The predicted octanol–water partition coefficient (Wildman–Crippen LogP) is 7.07. The number of nitrogens with one attached hydrogen (secondary N) is 1. The van der Waals surface area contributed by atoms with Crippen LogP contribution in [0.4, 0.5) is 30.0 Å². The zero-order valence-corrected chi connectivity index (χ0v) is 56.1. The molecule has 2 aliphatic heterocycles. The summed E-state index contributed by atoms with van der Waals surface area (Å²) in [5, 5.41) is 3.58. The molecule has 2 amide bonds. The van der Waals surface area contributed by atoms with Crippen molar-refractivity contribution in [2.75, 3.05) is 96.9 Å². The molecule has 1 unspecified atom stereocenters. The number of hydrogen-bond donors (Lipinski definition) is 2. The van der Waals surface area contributed by atoms with Gasteiger partial charge in [0.1, 0.15) is 29.1 Å². The fourth-order valence-electron chi connectivity index (χ4n) is 10.5. The smallest absolute Gasteiger partial charge is 0.410 e. The van der Waals surface area contributed by atoms with Crippen molar-refractivity contribution in [3.63, 3.8) is 0 Å². The average molecular weight is 1330 g/mol. The fraction of sp³-hybridized carbons (Fsp3) is 0.470. The summed E-state index contributed by atoms with van der Waals surface area (Å²) in [5.74, 6) is 0.955. The Kier molecular flexibility index (Phi) is 22.9. The van der Waals surface area contributed by atoms with Crippen molar-refractivity contribution >= 4 is 50.2 Å². The van der Waals surface area contributed by atoms with Crippen LogP contribution in [0.15, 0.2) is 129 Å². The van der Waals surface area contributed by atoms with Gasteiger partial charge in [0.15, 0.2) is 11.6 Å². The molecule has 10 rings (SSSR count). The molecule has 0 bridgehead atoms. The highest BCUT2D eigenvalue weighted by atomic mass is 32.2. The molecule has 2 saturated heterocycles.